The summed E-state index contributed by atoms with van der Waals surface area (Å²) in [6.07, 6.45) is 0. The molecule has 0 aliphatic carbocycles. The van der Waals surface area contributed by atoms with E-state index in [9.17, 15) is 4.79 Å². The second kappa shape index (κ2) is 4.79. The monoisotopic (exact) mass is 269 g/mol. The van der Waals surface area contributed by atoms with Gasteiger partial charge in [-0.05, 0) is 32.4 Å². The maximum atomic E-state index is 11.9. The SMILES string of the molecule is CC(C)(C)NC(=O)c1ccccc1CBr. The normalized spacial score (nSPS) is 11.2. The Hall–Kier alpha value is -0.830. The summed E-state index contributed by atoms with van der Waals surface area (Å²) in [5, 5.41) is 3.65. The van der Waals surface area contributed by atoms with Gasteiger partial charge in [-0.15, -0.1) is 0 Å². The van der Waals surface area contributed by atoms with E-state index in [1.807, 2.05) is 45.0 Å². The van der Waals surface area contributed by atoms with E-state index in [0.717, 1.165) is 11.1 Å². The highest BCUT2D eigenvalue weighted by Gasteiger charge is 2.16. The van der Waals surface area contributed by atoms with E-state index in [4.69, 9.17) is 0 Å². The Balaban J connectivity index is 2.91. The number of hydrogen-bond acceptors (Lipinski definition) is 1. The third-order valence-corrected chi connectivity index (χ3v) is 2.50. The number of carbonyl (C=O) groups is 1. The highest BCUT2D eigenvalue weighted by atomic mass is 79.9. The molecule has 0 aliphatic rings. The van der Waals surface area contributed by atoms with Crippen LogP contribution in [0.25, 0.3) is 0 Å². The fraction of sp³-hybridized carbons (Fsp3) is 0.417. The molecule has 1 aromatic carbocycles. The van der Waals surface area contributed by atoms with Crippen LogP contribution >= 0.6 is 15.9 Å². The van der Waals surface area contributed by atoms with Crippen molar-refractivity contribution in [3.8, 4) is 0 Å². The molecule has 0 heterocycles. The van der Waals surface area contributed by atoms with Gasteiger partial charge in [0, 0.05) is 16.4 Å². The molecule has 3 heteroatoms. The number of rotatable bonds is 2. The Morgan fingerprint density at radius 1 is 1.33 bits per heavy atom. The number of nitrogens with one attached hydrogen (secondary N) is 1. The Bertz CT molecular complexity index is 355. The molecule has 0 saturated carbocycles. The molecule has 0 unspecified atom stereocenters. The van der Waals surface area contributed by atoms with E-state index in [-0.39, 0.29) is 11.4 Å². The van der Waals surface area contributed by atoms with Gasteiger partial charge in [-0.25, -0.2) is 0 Å². The fourth-order valence-electron chi connectivity index (χ4n) is 1.27. The summed E-state index contributed by atoms with van der Waals surface area (Å²) in [6.45, 7) is 5.92. The largest absolute Gasteiger partial charge is 0.347 e. The molecule has 1 aromatic rings. The average Bonchev–Trinajstić information content (AvgIpc) is 2.15. The minimum Gasteiger partial charge on any atom is -0.347 e. The van der Waals surface area contributed by atoms with Crippen LogP contribution in [0.3, 0.4) is 0 Å². The molecule has 82 valence electrons. The number of amides is 1. The van der Waals surface area contributed by atoms with Gasteiger partial charge in [0.05, 0.1) is 0 Å². The van der Waals surface area contributed by atoms with Crippen molar-refractivity contribution >= 4 is 21.8 Å². The number of carbonyl (C=O) groups excluding carboxylic acids is 1. The lowest BCUT2D eigenvalue weighted by Crippen LogP contribution is -2.40. The van der Waals surface area contributed by atoms with Crippen LogP contribution < -0.4 is 5.32 Å². The van der Waals surface area contributed by atoms with Crippen molar-refractivity contribution in [2.45, 2.75) is 31.6 Å². The molecular weight excluding hydrogens is 254 g/mol. The van der Waals surface area contributed by atoms with Crippen LogP contribution in [0.2, 0.25) is 0 Å². The van der Waals surface area contributed by atoms with Crippen molar-refractivity contribution in [2.75, 3.05) is 0 Å². The van der Waals surface area contributed by atoms with Crippen LogP contribution in [0.1, 0.15) is 36.7 Å². The first kappa shape index (κ1) is 12.2. The first-order chi connectivity index (χ1) is 6.94. The zero-order valence-corrected chi connectivity index (χ0v) is 10.9. The smallest absolute Gasteiger partial charge is 0.251 e. The second-order valence-corrected chi connectivity index (χ2v) is 5.06. The summed E-state index contributed by atoms with van der Waals surface area (Å²) in [4.78, 5) is 11.9. The van der Waals surface area contributed by atoms with Crippen LogP contribution in [0.4, 0.5) is 0 Å². The molecule has 0 spiro atoms. The summed E-state index contributed by atoms with van der Waals surface area (Å²) in [6, 6.07) is 7.61. The van der Waals surface area contributed by atoms with Gasteiger partial charge in [0.2, 0.25) is 0 Å². The van der Waals surface area contributed by atoms with Crippen molar-refractivity contribution in [3.05, 3.63) is 35.4 Å². The first-order valence-corrected chi connectivity index (χ1v) is 6.02. The van der Waals surface area contributed by atoms with Gasteiger partial charge < -0.3 is 5.32 Å². The van der Waals surface area contributed by atoms with Gasteiger partial charge in [0.25, 0.3) is 5.91 Å². The van der Waals surface area contributed by atoms with Crippen LogP contribution in [0.15, 0.2) is 24.3 Å². The fourth-order valence-corrected chi connectivity index (χ4v) is 1.76. The highest BCUT2D eigenvalue weighted by Crippen LogP contribution is 2.13. The van der Waals surface area contributed by atoms with Crippen LogP contribution in [-0.4, -0.2) is 11.4 Å². The van der Waals surface area contributed by atoms with Gasteiger partial charge in [-0.3, -0.25) is 4.79 Å². The minimum absolute atomic E-state index is 0.0162. The van der Waals surface area contributed by atoms with E-state index in [1.165, 1.54) is 0 Å². The lowest BCUT2D eigenvalue weighted by molar-refractivity contribution is 0.0919. The maximum absolute atomic E-state index is 11.9. The molecule has 1 rings (SSSR count). The molecule has 0 bridgehead atoms. The number of alkyl halides is 1. The van der Waals surface area contributed by atoms with E-state index in [0.29, 0.717) is 5.33 Å². The van der Waals surface area contributed by atoms with E-state index in [1.54, 1.807) is 0 Å². The third-order valence-electron chi connectivity index (χ3n) is 1.89. The predicted octanol–water partition coefficient (Wildman–Crippen LogP) is 3.11. The van der Waals surface area contributed by atoms with Gasteiger partial charge in [-0.1, -0.05) is 34.1 Å². The van der Waals surface area contributed by atoms with E-state index in [2.05, 4.69) is 21.2 Å². The second-order valence-electron chi connectivity index (χ2n) is 4.49. The summed E-state index contributed by atoms with van der Waals surface area (Å²) >= 11 is 3.38. The molecule has 0 saturated heterocycles. The molecule has 1 amide bonds. The van der Waals surface area contributed by atoms with Crippen LogP contribution in [0, 0.1) is 0 Å². The van der Waals surface area contributed by atoms with Gasteiger partial charge in [0.15, 0.2) is 0 Å². The standard InChI is InChI=1S/C12H16BrNO/c1-12(2,3)14-11(15)10-7-5-4-6-9(10)8-13/h4-7H,8H2,1-3H3,(H,14,15). The number of hydrogen-bond donors (Lipinski definition) is 1. The molecule has 15 heavy (non-hydrogen) atoms. The summed E-state index contributed by atoms with van der Waals surface area (Å²) in [5.41, 5.74) is 1.56. The molecular formula is C12H16BrNO. The lowest BCUT2D eigenvalue weighted by Gasteiger charge is -2.21. The van der Waals surface area contributed by atoms with Gasteiger partial charge >= 0.3 is 0 Å². The lowest BCUT2D eigenvalue weighted by atomic mass is 10.1. The van der Waals surface area contributed by atoms with E-state index < -0.39 is 0 Å². The van der Waals surface area contributed by atoms with Crippen LogP contribution in [0.5, 0.6) is 0 Å². The van der Waals surface area contributed by atoms with E-state index >= 15 is 0 Å². The van der Waals surface area contributed by atoms with Crippen molar-refractivity contribution in [1.29, 1.82) is 0 Å². The van der Waals surface area contributed by atoms with Crippen molar-refractivity contribution < 1.29 is 4.79 Å². The zero-order chi connectivity index (χ0) is 11.5. The Kier molecular flexibility index (Phi) is 3.91. The van der Waals surface area contributed by atoms with Crippen molar-refractivity contribution in [1.82, 2.24) is 5.32 Å². The first-order valence-electron chi connectivity index (χ1n) is 4.90. The minimum atomic E-state index is -0.198. The summed E-state index contributed by atoms with van der Waals surface area (Å²) in [5.74, 6) is -0.0162. The maximum Gasteiger partial charge on any atom is 0.251 e. The molecule has 0 fully saturated rings. The molecule has 2 nitrogen and oxygen atoms in total. The number of halogens is 1. The highest BCUT2D eigenvalue weighted by molar-refractivity contribution is 9.08. The van der Waals surface area contributed by atoms with Gasteiger partial charge in [-0.2, -0.15) is 0 Å². The van der Waals surface area contributed by atoms with Gasteiger partial charge in [0.1, 0.15) is 0 Å². The number of benzene rings is 1. The molecule has 0 atom stereocenters. The quantitative estimate of drug-likeness (QED) is 0.822. The van der Waals surface area contributed by atoms with Crippen LogP contribution in [-0.2, 0) is 5.33 Å². The van der Waals surface area contributed by atoms with Crippen molar-refractivity contribution in [3.63, 3.8) is 0 Å². The third kappa shape index (κ3) is 3.67. The molecule has 0 aliphatic heterocycles. The Labute approximate surface area is 99.2 Å². The van der Waals surface area contributed by atoms with Crippen molar-refractivity contribution in [2.24, 2.45) is 0 Å². The average molecular weight is 270 g/mol. The molecule has 0 radical (unpaired) electrons. The Morgan fingerprint density at radius 3 is 2.47 bits per heavy atom. The topological polar surface area (TPSA) is 29.1 Å². The molecule has 1 N–H and O–H groups in total. The Morgan fingerprint density at radius 2 is 1.93 bits per heavy atom. The summed E-state index contributed by atoms with van der Waals surface area (Å²) < 4.78 is 0. The predicted molar refractivity (Wildman–Crippen MR) is 66.3 cm³/mol. The molecule has 0 aromatic heterocycles. The zero-order valence-electron chi connectivity index (χ0n) is 9.30. The summed E-state index contributed by atoms with van der Waals surface area (Å²) in [7, 11) is 0.